The van der Waals surface area contributed by atoms with Crippen LogP contribution in [-0.4, -0.2) is 147 Å². The number of fused-ring (bicyclic) bond motifs is 20. The van der Waals surface area contributed by atoms with Gasteiger partial charge in [-0.15, -0.1) is 0 Å². The van der Waals surface area contributed by atoms with E-state index in [1.165, 1.54) is 0 Å². The van der Waals surface area contributed by atoms with Crippen LogP contribution in [0.5, 0.6) is 0 Å². The van der Waals surface area contributed by atoms with Gasteiger partial charge in [0.1, 0.15) is 24.7 Å². The summed E-state index contributed by atoms with van der Waals surface area (Å²) in [7, 11) is 0. The minimum atomic E-state index is -2.91. The maximum Gasteiger partial charge on any atom is 0.165 e. The average Bonchev–Trinajstić information content (AvgIpc) is 1.58. The molecule has 8 bridgehead atoms. The molecular formula is C88H104F8N16. The van der Waals surface area contributed by atoms with Gasteiger partial charge in [0.2, 0.25) is 0 Å². The molecule has 32 atom stereocenters. The number of aryl methyl sites for hydroxylation is 8. The Morgan fingerprint density at radius 2 is 0.277 bits per heavy atom. The molecule has 9 fully saturated rings. The van der Waals surface area contributed by atoms with Crippen molar-refractivity contribution < 1.29 is 35.1 Å². The second-order valence-electron chi connectivity index (χ2n) is 33.6. The van der Waals surface area contributed by atoms with Crippen LogP contribution >= 0.6 is 0 Å². The predicted octanol–water partition coefficient (Wildman–Crippen LogP) is 13.4. The first-order valence-corrected chi connectivity index (χ1v) is 39.9. The molecule has 16 N–H and O–H groups in total. The van der Waals surface area contributed by atoms with Gasteiger partial charge in [-0.1, -0.05) is 142 Å². The number of alkyl halides is 8. The molecule has 0 spiro atoms. The molecule has 0 aromatic heterocycles. The van der Waals surface area contributed by atoms with E-state index in [1.54, 1.807) is 0 Å². The van der Waals surface area contributed by atoms with Gasteiger partial charge in [-0.2, -0.15) is 0 Å². The van der Waals surface area contributed by atoms with Gasteiger partial charge < -0.3 is 42.5 Å². The highest BCUT2D eigenvalue weighted by molar-refractivity contribution is 5.59. The van der Waals surface area contributed by atoms with Crippen LogP contribution in [0, 0.1) is 103 Å². The van der Waals surface area contributed by atoms with Gasteiger partial charge in [0, 0.05) is 92.8 Å². The van der Waals surface area contributed by atoms with Crippen LogP contribution in [-0.2, 0) is 0 Å². The Kier molecular flexibility index (Phi) is 21.2. The minimum absolute atomic E-state index is 0.545. The summed E-state index contributed by atoms with van der Waals surface area (Å²) < 4.78 is 137. The van der Waals surface area contributed by atoms with E-state index < -0.39 is 194 Å². The van der Waals surface area contributed by atoms with Gasteiger partial charge >= 0.3 is 0 Å². The molecule has 9 aliphatic rings. The molecule has 4 saturated carbocycles. The van der Waals surface area contributed by atoms with Gasteiger partial charge in [-0.05, 0) is 152 Å². The van der Waals surface area contributed by atoms with Crippen molar-refractivity contribution >= 4 is 45.5 Å². The quantitative estimate of drug-likeness (QED) is 0.0408. The van der Waals surface area contributed by atoms with Crippen LogP contribution in [0.25, 0.3) is 0 Å². The average molecular weight is 1540 g/mol. The lowest BCUT2D eigenvalue weighted by molar-refractivity contribution is -0.0871. The summed E-state index contributed by atoms with van der Waals surface area (Å²) in [5.41, 5.74) is 15.0. The summed E-state index contributed by atoms with van der Waals surface area (Å²) in [6.07, 6.45) is -31.2. The Morgan fingerprint density at radius 3 is 0.411 bits per heavy atom. The molecule has 5 aliphatic heterocycles. The maximum atomic E-state index is 17.8. The van der Waals surface area contributed by atoms with Crippen LogP contribution in [0.4, 0.5) is 80.6 Å². The van der Waals surface area contributed by atoms with Crippen LogP contribution in [0.2, 0.25) is 0 Å². The Hall–Kier alpha value is -8.72. The molecule has 32 unspecified atom stereocenters. The molecule has 4 aliphatic carbocycles. The first-order valence-electron chi connectivity index (χ1n) is 39.9. The third-order valence-electron chi connectivity index (χ3n) is 26.1. The number of hydrogen-bond acceptors (Lipinski definition) is 16. The molecule has 112 heavy (non-hydrogen) atoms. The molecule has 0 radical (unpaired) electrons. The fourth-order valence-corrected chi connectivity index (χ4v) is 20.5. The van der Waals surface area contributed by atoms with Crippen molar-refractivity contribution in [2.75, 3.05) is 42.5 Å². The summed E-state index contributed by atoms with van der Waals surface area (Å²) in [6, 6.07) is 61.5. The van der Waals surface area contributed by atoms with Crippen molar-refractivity contribution in [2.24, 2.45) is 47.3 Å². The molecule has 17 rings (SSSR count). The number of anilines is 8. The molecule has 24 heteroatoms. The molecule has 0 amide bonds. The summed E-state index contributed by atoms with van der Waals surface area (Å²) in [5.74, 6) is -9.03. The lowest BCUT2D eigenvalue weighted by atomic mass is 9.65. The highest BCUT2D eigenvalue weighted by Gasteiger charge is 2.69. The predicted molar refractivity (Wildman–Crippen MR) is 431 cm³/mol. The van der Waals surface area contributed by atoms with Gasteiger partial charge in [-0.3, -0.25) is 42.5 Å². The van der Waals surface area contributed by atoms with E-state index in [1.807, 2.05) is 90.1 Å². The largest absolute Gasteiger partial charge is 0.380 e. The fourth-order valence-electron chi connectivity index (χ4n) is 20.5. The van der Waals surface area contributed by atoms with Crippen molar-refractivity contribution in [2.45, 2.75) is 202 Å². The van der Waals surface area contributed by atoms with Gasteiger partial charge in [0.15, 0.2) is 24.7 Å². The van der Waals surface area contributed by atoms with E-state index in [0.717, 1.165) is 90.0 Å². The van der Waals surface area contributed by atoms with Crippen LogP contribution < -0.4 is 85.1 Å². The molecule has 8 aromatic carbocycles. The lowest BCUT2D eigenvalue weighted by Crippen LogP contribution is -2.72. The number of rotatable bonds is 16. The maximum absolute atomic E-state index is 17.8. The van der Waals surface area contributed by atoms with E-state index in [0.29, 0.717) is 0 Å². The standard InChI is InChI=1S/C88H104F8N16/c1-41-9-25-49(26-10-41)97-73-61-63(75(99-51-29-13-43(3)14-30-51)79(103-55-37-21-47(7)22-38-55)77(73)101-53-33-17-45(5)18-34-53)87-110-85(61)108-83-59-57(65(89)69(93)71(95)67(59)91)81(106-83)105-82-58-60(68(92)72(96)70(94)66(58)90)84(107-82)109-86-62-64(88(111-86)112-87)76(100-52-31-15-44(4)16-32-52)80(104-56-39-23-48(8)24-40-56)78(102-54-35-19-46(6)20-36-54)74(62)98-50-27-11-42(2)12-28-50/h9-40,57-88,97-112H,1-8H3. The van der Waals surface area contributed by atoms with E-state index in [9.17, 15) is 0 Å². The van der Waals surface area contributed by atoms with Crippen LogP contribution in [0.3, 0.4) is 0 Å². The topological polar surface area (TPSA) is 192 Å². The molecule has 8 aromatic rings. The van der Waals surface area contributed by atoms with Gasteiger partial charge in [-0.25, -0.2) is 35.1 Å². The smallest absolute Gasteiger partial charge is 0.165 e. The second kappa shape index (κ2) is 31.2. The highest BCUT2D eigenvalue weighted by Crippen LogP contribution is 2.52. The molecule has 592 valence electrons. The molecule has 5 heterocycles. The van der Waals surface area contributed by atoms with Crippen molar-refractivity contribution in [3.05, 3.63) is 239 Å². The Labute approximate surface area is 650 Å². The highest BCUT2D eigenvalue weighted by atomic mass is 19.2. The van der Waals surface area contributed by atoms with Crippen molar-refractivity contribution in [1.82, 2.24) is 42.5 Å². The van der Waals surface area contributed by atoms with Crippen LogP contribution in [0.15, 0.2) is 194 Å². The fraction of sp³-hybridized carbons (Fsp3) is 0.455. The zero-order chi connectivity index (χ0) is 77.7. The van der Waals surface area contributed by atoms with Gasteiger partial charge in [0.05, 0.1) is 97.7 Å². The Morgan fingerprint density at radius 1 is 0.161 bits per heavy atom. The number of hydrogen-bond donors (Lipinski definition) is 16. The van der Waals surface area contributed by atoms with E-state index in [-0.39, 0.29) is 0 Å². The molecule has 16 nitrogen and oxygen atoms in total. The summed E-state index contributed by atoms with van der Waals surface area (Å²) in [4.78, 5) is 0. The van der Waals surface area contributed by atoms with Crippen molar-refractivity contribution in [3.8, 4) is 0 Å². The second-order valence-corrected chi connectivity index (χ2v) is 33.6. The Balaban J connectivity index is 0.910. The van der Waals surface area contributed by atoms with E-state index in [4.69, 9.17) is 0 Å². The minimum Gasteiger partial charge on any atom is -0.380 e. The first kappa shape index (κ1) is 75.9. The third kappa shape index (κ3) is 14.7. The molecular weight excluding hydrogens is 1430 g/mol. The first-order chi connectivity index (χ1) is 54.0. The zero-order valence-electron chi connectivity index (χ0n) is 64.0. The van der Waals surface area contributed by atoms with Gasteiger partial charge in [0.25, 0.3) is 0 Å². The summed E-state index contributed by atoms with van der Waals surface area (Å²) in [5, 5.41) is 63.4. The lowest BCUT2D eigenvalue weighted by Gasteiger charge is -2.54. The Bertz CT molecular complexity index is 4220. The SMILES string of the molecule is Cc1ccc(NC2C(Nc3ccc(C)cc3)C(Nc3ccc(C)cc3)C3C4NC(NC5NC(NC6NC(NC7NC(N4)C4C(Nc8ccc(C)cc8)C(Nc8ccc(C)cc8)C(Nc8ccc(C)cc8)C(Nc8ccc(C)cc8)C74)C4C(F)C(F)C(F)C(F)C64)C4C(F)C(F)C(F)C(F)C54)C3C2Nc2ccc(C)cc2)cc1. The number of nitrogens with one attached hydrogen (secondary N) is 16. The van der Waals surface area contributed by atoms with Crippen molar-refractivity contribution in [3.63, 3.8) is 0 Å². The zero-order valence-corrected chi connectivity index (χ0v) is 64.0. The normalized spacial score (nSPS) is 38.4. The number of halogens is 8. The van der Waals surface area contributed by atoms with E-state index in [2.05, 4.69) is 245 Å². The van der Waals surface area contributed by atoms with Crippen LogP contribution in [0.1, 0.15) is 44.5 Å². The van der Waals surface area contributed by atoms with E-state index >= 15 is 35.1 Å². The summed E-state index contributed by atoms with van der Waals surface area (Å²) >= 11 is 0. The third-order valence-corrected chi connectivity index (χ3v) is 26.1. The van der Waals surface area contributed by atoms with Crippen molar-refractivity contribution in [1.29, 1.82) is 0 Å². The molecule has 5 saturated heterocycles. The summed E-state index contributed by atoms with van der Waals surface area (Å²) in [6.45, 7) is 16.3. The monoisotopic (exact) mass is 1540 g/mol. The number of benzene rings is 8.